The van der Waals surface area contributed by atoms with Crippen molar-refractivity contribution in [2.24, 2.45) is 5.92 Å². The van der Waals surface area contributed by atoms with Crippen molar-refractivity contribution in [2.75, 3.05) is 17.4 Å². The Bertz CT molecular complexity index is 1070. The smallest absolute Gasteiger partial charge is 0.272 e. The molecule has 4 rings (SSSR count). The monoisotopic (exact) mass is 467 g/mol. The van der Waals surface area contributed by atoms with E-state index in [0.29, 0.717) is 33.8 Å². The van der Waals surface area contributed by atoms with E-state index >= 15 is 0 Å². The van der Waals surface area contributed by atoms with Gasteiger partial charge in [-0.1, -0.05) is 48.9 Å². The Labute approximate surface area is 196 Å². The molecule has 0 saturated carbocycles. The first kappa shape index (κ1) is 22.5. The number of amides is 1. The van der Waals surface area contributed by atoms with Crippen LogP contribution in [0.4, 0.5) is 5.69 Å². The zero-order chi connectivity index (χ0) is 22.5. The minimum Gasteiger partial charge on any atom is -0.337 e. The second-order valence-electron chi connectivity index (χ2n) is 8.10. The number of carbonyl (C=O) groups is 1. The quantitative estimate of drug-likeness (QED) is 0.492. The van der Waals surface area contributed by atoms with E-state index in [2.05, 4.69) is 11.9 Å². The molecule has 1 amide bonds. The van der Waals surface area contributed by atoms with E-state index in [1.54, 1.807) is 16.6 Å². The lowest BCUT2D eigenvalue weighted by atomic mass is 9.99. The maximum absolute atomic E-state index is 13.4. The van der Waals surface area contributed by atoms with Crippen molar-refractivity contribution in [3.8, 4) is 0 Å². The number of rotatable bonds is 6. The molecule has 0 spiro atoms. The van der Waals surface area contributed by atoms with Gasteiger partial charge in [-0.2, -0.15) is 0 Å². The summed E-state index contributed by atoms with van der Waals surface area (Å²) in [5.74, 6) is 0.612. The highest BCUT2D eigenvalue weighted by molar-refractivity contribution is 7.86. The second-order valence-corrected chi connectivity index (χ2v) is 9.95. The maximum atomic E-state index is 13.4. The first-order valence-electron chi connectivity index (χ1n) is 10.8. The summed E-state index contributed by atoms with van der Waals surface area (Å²) in [5.41, 5.74) is 2.08. The van der Waals surface area contributed by atoms with Crippen LogP contribution in [0.3, 0.4) is 0 Å². The van der Waals surface area contributed by atoms with Crippen LogP contribution in [0.15, 0.2) is 77.8 Å². The number of halogens is 1. The predicted octanol–water partition coefficient (Wildman–Crippen LogP) is 5.34. The van der Waals surface area contributed by atoms with Gasteiger partial charge in [0.15, 0.2) is 11.0 Å². The average molecular weight is 468 g/mol. The van der Waals surface area contributed by atoms with Crippen molar-refractivity contribution in [3.63, 3.8) is 0 Å². The molecule has 32 heavy (non-hydrogen) atoms. The lowest BCUT2D eigenvalue weighted by Crippen LogP contribution is -2.38. The molecular weight excluding hydrogens is 442 g/mol. The molecule has 1 aliphatic heterocycles. The number of nitrogens with zero attached hydrogens (tertiary/aromatic N) is 3. The van der Waals surface area contributed by atoms with E-state index in [0.717, 1.165) is 31.5 Å². The van der Waals surface area contributed by atoms with Gasteiger partial charge in [0, 0.05) is 18.1 Å². The third-order valence-electron chi connectivity index (χ3n) is 5.71. The summed E-state index contributed by atoms with van der Waals surface area (Å²) in [6.07, 6.45) is 3.68. The summed E-state index contributed by atoms with van der Waals surface area (Å²) in [7, 11) is -1.44. The van der Waals surface area contributed by atoms with Gasteiger partial charge in [0.1, 0.15) is 5.69 Å². The Kier molecular flexibility index (Phi) is 7.22. The number of hydrogen-bond donors (Lipinski definition) is 0. The molecule has 0 N–H and O–H groups in total. The molecular formula is C25H26ClN3O2S. The normalized spacial score (nSPS) is 15.4. The van der Waals surface area contributed by atoms with E-state index in [9.17, 15) is 9.00 Å². The Balaban J connectivity index is 1.58. The average Bonchev–Trinajstić information content (AvgIpc) is 2.84. The molecule has 1 saturated heterocycles. The fourth-order valence-corrected chi connectivity index (χ4v) is 5.04. The van der Waals surface area contributed by atoms with Crippen molar-refractivity contribution in [1.82, 2.24) is 9.88 Å². The summed E-state index contributed by atoms with van der Waals surface area (Å²) in [6.45, 7) is 4.17. The molecule has 1 atom stereocenters. The van der Waals surface area contributed by atoms with Crippen LogP contribution in [0.25, 0.3) is 0 Å². The first-order chi connectivity index (χ1) is 15.5. The van der Waals surface area contributed by atoms with Gasteiger partial charge in [-0.3, -0.25) is 9.10 Å². The third kappa shape index (κ3) is 5.37. The van der Waals surface area contributed by atoms with Crippen LogP contribution < -0.4 is 4.31 Å². The number of pyridine rings is 1. The Morgan fingerprint density at radius 3 is 2.38 bits per heavy atom. The summed E-state index contributed by atoms with van der Waals surface area (Å²) in [5, 5.41) is 0.654. The fourth-order valence-electron chi connectivity index (χ4n) is 3.70. The van der Waals surface area contributed by atoms with Crippen molar-refractivity contribution in [3.05, 3.63) is 89.2 Å². The Hall–Kier alpha value is -2.70. The van der Waals surface area contributed by atoms with Gasteiger partial charge in [-0.15, -0.1) is 0 Å². The van der Waals surface area contributed by atoms with E-state index in [1.807, 2.05) is 65.6 Å². The SMILES string of the molecule is CC1CCN(C(=O)c2ccc(N(Cc3ccc(Cl)cc3)S(=O)c3ccccc3)cn2)CC1. The van der Waals surface area contributed by atoms with Crippen molar-refractivity contribution < 1.29 is 9.00 Å². The van der Waals surface area contributed by atoms with Gasteiger partial charge in [0.2, 0.25) is 0 Å². The van der Waals surface area contributed by atoms with Gasteiger partial charge in [0.25, 0.3) is 5.91 Å². The number of piperidine rings is 1. The fraction of sp³-hybridized carbons (Fsp3) is 0.280. The van der Waals surface area contributed by atoms with Crippen molar-refractivity contribution >= 4 is 34.2 Å². The molecule has 1 aromatic heterocycles. The Morgan fingerprint density at radius 2 is 1.75 bits per heavy atom. The van der Waals surface area contributed by atoms with E-state index in [4.69, 9.17) is 11.6 Å². The molecule has 2 heterocycles. The summed E-state index contributed by atoms with van der Waals surface area (Å²) >= 11 is 6.02. The summed E-state index contributed by atoms with van der Waals surface area (Å²) in [4.78, 5) is 19.8. The van der Waals surface area contributed by atoms with Gasteiger partial charge in [0.05, 0.1) is 23.3 Å². The van der Waals surface area contributed by atoms with Crippen LogP contribution in [0.5, 0.6) is 0 Å². The molecule has 3 aromatic rings. The number of hydrogen-bond acceptors (Lipinski definition) is 3. The molecule has 2 aromatic carbocycles. The van der Waals surface area contributed by atoms with E-state index < -0.39 is 11.0 Å². The standard InChI is InChI=1S/C25H26ClN3O2S/c1-19-13-15-28(16-14-19)25(30)24-12-11-22(17-27-24)29(18-20-7-9-21(26)10-8-20)32(31)23-5-3-2-4-6-23/h2-12,17,19H,13-16,18H2,1H3. The number of aromatic nitrogens is 1. The predicted molar refractivity (Wildman–Crippen MR) is 129 cm³/mol. The van der Waals surface area contributed by atoms with Crippen LogP contribution in [-0.2, 0) is 17.5 Å². The molecule has 5 nitrogen and oxygen atoms in total. The summed E-state index contributed by atoms with van der Waals surface area (Å²) < 4.78 is 15.2. The highest BCUT2D eigenvalue weighted by Crippen LogP contribution is 2.24. The molecule has 1 aliphatic rings. The van der Waals surface area contributed by atoms with Crippen molar-refractivity contribution in [2.45, 2.75) is 31.2 Å². The zero-order valence-corrected chi connectivity index (χ0v) is 19.6. The van der Waals surface area contributed by atoms with Gasteiger partial charge in [-0.05, 0) is 60.7 Å². The van der Waals surface area contributed by atoms with Gasteiger partial charge >= 0.3 is 0 Å². The highest BCUT2D eigenvalue weighted by Gasteiger charge is 2.23. The highest BCUT2D eigenvalue weighted by atomic mass is 35.5. The van der Waals surface area contributed by atoms with Crippen LogP contribution in [-0.4, -0.2) is 33.1 Å². The lowest BCUT2D eigenvalue weighted by molar-refractivity contribution is 0.0691. The van der Waals surface area contributed by atoms with E-state index in [-0.39, 0.29) is 5.91 Å². The molecule has 0 aliphatic carbocycles. The van der Waals surface area contributed by atoms with Crippen LogP contribution in [0.1, 0.15) is 35.8 Å². The van der Waals surface area contributed by atoms with Crippen molar-refractivity contribution in [1.29, 1.82) is 0 Å². The van der Waals surface area contributed by atoms with Crippen LogP contribution in [0, 0.1) is 5.92 Å². The lowest BCUT2D eigenvalue weighted by Gasteiger charge is -2.30. The van der Waals surface area contributed by atoms with E-state index in [1.165, 1.54) is 0 Å². The maximum Gasteiger partial charge on any atom is 0.272 e. The minimum atomic E-state index is -1.44. The molecule has 166 valence electrons. The second kappa shape index (κ2) is 10.3. The summed E-state index contributed by atoms with van der Waals surface area (Å²) in [6, 6.07) is 20.3. The molecule has 1 fully saturated rings. The number of likely N-dealkylation sites (tertiary alicyclic amines) is 1. The number of anilines is 1. The molecule has 0 bridgehead atoms. The third-order valence-corrected chi connectivity index (χ3v) is 7.38. The first-order valence-corrected chi connectivity index (χ1v) is 12.2. The molecule has 7 heteroatoms. The molecule has 1 unspecified atom stereocenters. The minimum absolute atomic E-state index is 0.0446. The topological polar surface area (TPSA) is 53.5 Å². The largest absolute Gasteiger partial charge is 0.337 e. The number of benzene rings is 2. The molecule has 0 radical (unpaired) electrons. The van der Waals surface area contributed by atoms with Crippen LogP contribution in [0.2, 0.25) is 5.02 Å². The van der Waals surface area contributed by atoms with Gasteiger partial charge in [-0.25, -0.2) is 9.19 Å². The zero-order valence-electron chi connectivity index (χ0n) is 18.0. The Morgan fingerprint density at radius 1 is 1.06 bits per heavy atom. The van der Waals surface area contributed by atoms with Crippen LogP contribution >= 0.6 is 11.6 Å². The number of carbonyl (C=O) groups excluding carboxylic acids is 1. The van der Waals surface area contributed by atoms with Gasteiger partial charge < -0.3 is 4.90 Å².